The standard InChI is InChI=1S/C23H35N3OS.CH2O2/c1-16-24-20(15-28-16)14-25-12-18-11-19(13-25)22(10-17-6-3-2-4-7-17)26-21(18)8-5-9-23(26)27;2-1-3/h15,17-19,21-22H,2-14H2,1H3;1H,(H,2,3)/t18-,19+,21+,22+;/m1./s1. The number of likely N-dealkylation sites (tertiary alicyclic amines) is 1. The van der Waals surface area contributed by atoms with E-state index < -0.39 is 0 Å². The molecule has 31 heavy (non-hydrogen) atoms. The number of aryl methyl sites for hydroxylation is 1. The van der Waals surface area contributed by atoms with E-state index in [0.717, 1.165) is 38.4 Å². The van der Waals surface area contributed by atoms with Gasteiger partial charge in [-0.15, -0.1) is 11.3 Å². The van der Waals surface area contributed by atoms with Crippen LogP contribution in [-0.4, -0.2) is 57.4 Å². The Morgan fingerprint density at radius 2 is 1.90 bits per heavy atom. The van der Waals surface area contributed by atoms with Crippen LogP contribution in [0.5, 0.6) is 0 Å². The minimum atomic E-state index is -0.250. The molecule has 172 valence electrons. The predicted octanol–water partition coefficient (Wildman–Crippen LogP) is 4.32. The van der Waals surface area contributed by atoms with Gasteiger partial charge < -0.3 is 10.0 Å². The topological polar surface area (TPSA) is 73.7 Å². The number of thiazole rings is 1. The summed E-state index contributed by atoms with van der Waals surface area (Å²) < 4.78 is 0. The zero-order valence-electron chi connectivity index (χ0n) is 18.7. The molecule has 0 radical (unpaired) electrons. The second-order valence-corrected chi connectivity index (χ2v) is 11.0. The number of carboxylic acid groups (broad SMARTS) is 1. The second-order valence-electron chi connectivity index (χ2n) is 9.98. The van der Waals surface area contributed by atoms with Gasteiger partial charge in [-0.3, -0.25) is 14.5 Å². The second kappa shape index (κ2) is 10.4. The lowest BCUT2D eigenvalue weighted by Gasteiger charge is -2.57. The predicted molar refractivity (Wildman–Crippen MR) is 122 cm³/mol. The quantitative estimate of drug-likeness (QED) is 0.696. The molecule has 3 aliphatic heterocycles. The van der Waals surface area contributed by atoms with Crippen LogP contribution in [0.15, 0.2) is 5.38 Å². The SMILES string of the molecule is Cc1nc(CN2C[C@H]3C[C@@H](C2)[C@H](CC2CCCCC2)N2C(=O)CCC[C@@H]32)cs1.O=CO. The molecule has 0 unspecified atom stereocenters. The van der Waals surface area contributed by atoms with E-state index in [-0.39, 0.29) is 6.47 Å². The lowest BCUT2D eigenvalue weighted by molar-refractivity contribution is -0.154. The van der Waals surface area contributed by atoms with E-state index in [4.69, 9.17) is 14.9 Å². The third-order valence-corrected chi connectivity index (χ3v) is 8.75. The number of rotatable bonds is 4. The van der Waals surface area contributed by atoms with E-state index >= 15 is 0 Å². The summed E-state index contributed by atoms with van der Waals surface area (Å²) in [7, 11) is 0. The van der Waals surface area contributed by atoms with Gasteiger partial charge in [0.25, 0.3) is 6.47 Å². The number of nitrogens with zero attached hydrogens (tertiary/aromatic N) is 3. The van der Waals surface area contributed by atoms with Gasteiger partial charge in [0.15, 0.2) is 0 Å². The van der Waals surface area contributed by atoms with Gasteiger partial charge in [0.05, 0.1) is 10.7 Å². The average Bonchev–Trinajstić information content (AvgIpc) is 3.17. The van der Waals surface area contributed by atoms with Gasteiger partial charge in [-0.1, -0.05) is 32.1 Å². The molecule has 1 aromatic rings. The summed E-state index contributed by atoms with van der Waals surface area (Å²) in [5.74, 6) is 2.65. The molecule has 3 saturated heterocycles. The van der Waals surface area contributed by atoms with Crippen LogP contribution in [0.3, 0.4) is 0 Å². The van der Waals surface area contributed by atoms with Gasteiger partial charge in [-0.2, -0.15) is 0 Å². The van der Waals surface area contributed by atoms with E-state index in [9.17, 15) is 4.79 Å². The Bertz CT molecular complexity index is 748. The number of hydrogen-bond acceptors (Lipinski definition) is 5. The lowest BCUT2D eigenvalue weighted by Crippen LogP contribution is -2.65. The van der Waals surface area contributed by atoms with Crippen molar-refractivity contribution in [3.05, 3.63) is 16.1 Å². The minimum absolute atomic E-state index is 0.250. The Morgan fingerprint density at radius 1 is 1.16 bits per heavy atom. The molecule has 2 bridgehead atoms. The number of carbonyl (C=O) groups is 2. The van der Waals surface area contributed by atoms with Gasteiger partial charge in [0.2, 0.25) is 5.91 Å². The molecular weight excluding hydrogens is 410 g/mol. The molecule has 0 spiro atoms. The van der Waals surface area contributed by atoms with Crippen molar-refractivity contribution in [3.8, 4) is 0 Å². The van der Waals surface area contributed by atoms with Gasteiger partial charge in [-0.05, 0) is 50.4 Å². The number of hydrogen-bond donors (Lipinski definition) is 1. The van der Waals surface area contributed by atoms with Crippen LogP contribution in [0, 0.1) is 24.7 Å². The fourth-order valence-electron chi connectivity index (χ4n) is 6.78. The van der Waals surface area contributed by atoms with Gasteiger partial charge >= 0.3 is 0 Å². The molecule has 0 aromatic carbocycles. The van der Waals surface area contributed by atoms with Crippen molar-refractivity contribution in [2.75, 3.05) is 13.1 Å². The molecule has 5 rings (SSSR count). The van der Waals surface area contributed by atoms with Crippen LogP contribution in [0.25, 0.3) is 0 Å². The molecule has 7 heteroatoms. The Kier molecular flexibility index (Phi) is 7.64. The molecule has 4 fully saturated rings. The number of carbonyl (C=O) groups excluding carboxylic acids is 1. The van der Waals surface area contributed by atoms with Crippen LogP contribution in [0.2, 0.25) is 0 Å². The fourth-order valence-corrected chi connectivity index (χ4v) is 7.38. The fraction of sp³-hybridized carbons (Fsp3) is 0.792. The van der Waals surface area contributed by atoms with Crippen molar-refractivity contribution in [1.29, 1.82) is 0 Å². The minimum Gasteiger partial charge on any atom is -0.483 e. The van der Waals surface area contributed by atoms with E-state index in [1.165, 1.54) is 62.1 Å². The molecular formula is C24H37N3O3S. The van der Waals surface area contributed by atoms with Crippen LogP contribution in [-0.2, 0) is 16.1 Å². The molecule has 4 atom stereocenters. The highest BCUT2D eigenvalue weighted by Gasteiger charge is 2.49. The summed E-state index contributed by atoms with van der Waals surface area (Å²) in [5, 5.41) is 10.3. The van der Waals surface area contributed by atoms with Crippen molar-refractivity contribution < 1.29 is 14.7 Å². The van der Waals surface area contributed by atoms with Gasteiger partial charge in [0.1, 0.15) is 0 Å². The zero-order chi connectivity index (χ0) is 21.8. The van der Waals surface area contributed by atoms with E-state index in [1.54, 1.807) is 11.3 Å². The molecule has 6 nitrogen and oxygen atoms in total. The van der Waals surface area contributed by atoms with Crippen LogP contribution in [0.4, 0.5) is 0 Å². The van der Waals surface area contributed by atoms with Gasteiger partial charge in [0, 0.05) is 43.5 Å². The van der Waals surface area contributed by atoms with E-state index in [1.807, 2.05) is 0 Å². The van der Waals surface area contributed by atoms with Crippen molar-refractivity contribution in [3.63, 3.8) is 0 Å². The Labute approximate surface area is 190 Å². The highest BCUT2D eigenvalue weighted by molar-refractivity contribution is 7.09. The molecule has 1 aromatic heterocycles. The third kappa shape index (κ3) is 5.30. The molecule has 1 saturated carbocycles. The maximum absolute atomic E-state index is 13.0. The Morgan fingerprint density at radius 3 is 2.61 bits per heavy atom. The van der Waals surface area contributed by atoms with Crippen LogP contribution < -0.4 is 0 Å². The largest absolute Gasteiger partial charge is 0.483 e. The molecule has 4 aliphatic rings. The Balaban J connectivity index is 0.000000730. The van der Waals surface area contributed by atoms with Crippen molar-refractivity contribution in [2.45, 2.75) is 89.8 Å². The van der Waals surface area contributed by atoms with Crippen LogP contribution in [0.1, 0.15) is 74.9 Å². The third-order valence-electron chi connectivity index (χ3n) is 7.92. The summed E-state index contributed by atoms with van der Waals surface area (Å²) in [6, 6.07) is 1.00. The maximum Gasteiger partial charge on any atom is 0.290 e. The summed E-state index contributed by atoms with van der Waals surface area (Å²) in [6.07, 6.45) is 12.7. The smallest absolute Gasteiger partial charge is 0.290 e. The first-order valence-electron chi connectivity index (χ1n) is 12.1. The molecule has 1 amide bonds. The monoisotopic (exact) mass is 447 g/mol. The number of amides is 1. The highest BCUT2D eigenvalue weighted by Crippen LogP contribution is 2.44. The number of piperidine rings is 3. The first kappa shape index (κ1) is 22.7. The summed E-state index contributed by atoms with van der Waals surface area (Å²) >= 11 is 1.77. The number of fused-ring (bicyclic) bond motifs is 4. The van der Waals surface area contributed by atoms with Crippen LogP contribution >= 0.6 is 11.3 Å². The molecule has 1 N–H and O–H groups in total. The lowest BCUT2D eigenvalue weighted by atomic mass is 9.69. The van der Waals surface area contributed by atoms with E-state index in [0.29, 0.717) is 29.8 Å². The first-order valence-corrected chi connectivity index (χ1v) is 13.0. The first-order chi connectivity index (χ1) is 15.1. The summed E-state index contributed by atoms with van der Waals surface area (Å²) in [5.41, 5.74) is 1.24. The normalized spacial score (nSPS) is 31.5. The summed E-state index contributed by atoms with van der Waals surface area (Å²) in [6.45, 7) is 5.15. The summed E-state index contributed by atoms with van der Waals surface area (Å²) in [4.78, 5) is 31.2. The molecule has 1 aliphatic carbocycles. The maximum atomic E-state index is 13.0. The van der Waals surface area contributed by atoms with Crippen molar-refractivity contribution >= 4 is 23.7 Å². The van der Waals surface area contributed by atoms with Crippen molar-refractivity contribution in [2.24, 2.45) is 17.8 Å². The zero-order valence-corrected chi connectivity index (χ0v) is 19.6. The number of aromatic nitrogens is 1. The van der Waals surface area contributed by atoms with E-state index in [2.05, 4.69) is 22.1 Å². The van der Waals surface area contributed by atoms with Gasteiger partial charge in [-0.25, -0.2) is 4.98 Å². The Hall–Kier alpha value is -1.47. The average molecular weight is 448 g/mol. The van der Waals surface area contributed by atoms with Crippen molar-refractivity contribution in [1.82, 2.24) is 14.8 Å². The molecule has 4 heterocycles. The highest BCUT2D eigenvalue weighted by atomic mass is 32.1.